The summed E-state index contributed by atoms with van der Waals surface area (Å²) in [6, 6.07) is 5.49. The topological polar surface area (TPSA) is 95.4 Å². The molecule has 0 aliphatic carbocycles. The number of aromatic hydroxyl groups is 2. The third-order valence-corrected chi connectivity index (χ3v) is 2.18. The summed E-state index contributed by atoms with van der Waals surface area (Å²) in [7, 11) is 1.43. The van der Waals surface area contributed by atoms with Crippen molar-refractivity contribution in [1.82, 2.24) is 9.97 Å². The van der Waals surface area contributed by atoms with Crippen LogP contribution in [0, 0.1) is 0 Å². The van der Waals surface area contributed by atoms with Crippen LogP contribution in [-0.2, 0) is 0 Å². The fraction of sp³-hybridized carbons (Fsp3) is 0.0909. The molecule has 0 amide bonds. The van der Waals surface area contributed by atoms with Crippen LogP contribution in [0.15, 0.2) is 29.1 Å². The molecular weight excluding hydrogens is 224 g/mol. The van der Waals surface area contributed by atoms with E-state index in [-0.39, 0.29) is 17.5 Å². The molecule has 3 N–H and O–H groups in total. The Morgan fingerprint density at radius 1 is 1.29 bits per heavy atom. The van der Waals surface area contributed by atoms with Gasteiger partial charge in [-0.15, -0.1) is 0 Å². The lowest BCUT2D eigenvalue weighted by Gasteiger charge is -2.05. The SMILES string of the molecule is COc1ccc(-c2nc(O)cc(=O)[nH]2)cc1O. The Morgan fingerprint density at radius 3 is 2.65 bits per heavy atom. The molecule has 2 rings (SSSR count). The van der Waals surface area contributed by atoms with Crippen LogP contribution in [0.2, 0.25) is 0 Å². The van der Waals surface area contributed by atoms with Gasteiger partial charge in [0.05, 0.1) is 13.2 Å². The van der Waals surface area contributed by atoms with Crippen molar-refractivity contribution in [2.24, 2.45) is 0 Å². The van der Waals surface area contributed by atoms with Crippen LogP contribution in [0.4, 0.5) is 0 Å². The van der Waals surface area contributed by atoms with Gasteiger partial charge in [0.2, 0.25) is 5.88 Å². The monoisotopic (exact) mass is 234 g/mol. The molecule has 0 bridgehead atoms. The lowest BCUT2D eigenvalue weighted by Crippen LogP contribution is -2.06. The molecule has 0 unspecified atom stereocenters. The number of phenols is 1. The molecule has 0 radical (unpaired) electrons. The predicted molar refractivity (Wildman–Crippen MR) is 60.2 cm³/mol. The van der Waals surface area contributed by atoms with Gasteiger partial charge >= 0.3 is 0 Å². The number of hydrogen-bond acceptors (Lipinski definition) is 5. The highest BCUT2D eigenvalue weighted by Gasteiger charge is 2.07. The van der Waals surface area contributed by atoms with Crippen molar-refractivity contribution in [3.63, 3.8) is 0 Å². The number of benzene rings is 1. The number of nitrogens with one attached hydrogen (secondary N) is 1. The van der Waals surface area contributed by atoms with Gasteiger partial charge in [0.1, 0.15) is 5.82 Å². The van der Waals surface area contributed by atoms with Gasteiger partial charge in [-0.1, -0.05) is 0 Å². The van der Waals surface area contributed by atoms with Crippen molar-refractivity contribution in [2.75, 3.05) is 7.11 Å². The van der Waals surface area contributed by atoms with E-state index in [1.807, 2.05) is 0 Å². The van der Waals surface area contributed by atoms with Crippen LogP contribution in [0.25, 0.3) is 11.4 Å². The minimum atomic E-state index is -0.470. The molecule has 88 valence electrons. The molecule has 0 fully saturated rings. The van der Waals surface area contributed by atoms with E-state index in [0.29, 0.717) is 11.3 Å². The van der Waals surface area contributed by atoms with Crippen LogP contribution in [0.1, 0.15) is 0 Å². The second-order valence-corrected chi connectivity index (χ2v) is 3.34. The molecular formula is C11H10N2O4. The average molecular weight is 234 g/mol. The number of ether oxygens (including phenoxy) is 1. The van der Waals surface area contributed by atoms with E-state index < -0.39 is 5.56 Å². The van der Waals surface area contributed by atoms with Crippen LogP contribution in [0.5, 0.6) is 17.4 Å². The summed E-state index contributed by atoms with van der Waals surface area (Å²) in [6.07, 6.45) is 0. The fourth-order valence-electron chi connectivity index (χ4n) is 1.42. The zero-order chi connectivity index (χ0) is 12.4. The van der Waals surface area contributed by atoms with Gasteiger partial charge in [0.15, 0.2) is 11.5 Å². The fourth-order valence-corrected chi connectivity index (χ4v) is 1.42. The molecule has 0 saturated heterocycles. The second-order valence-electron chi connectivity index (χ2n) is 3.34. The smallest absolute Gasteiger partial charge is 0.254 e. The molecule has 17 heavy (non-hydrogen) atoms. The quantitative estimate of drug-likeness (QED) is 0.716. The Hall–Kier alpha value is -2.50. The summed E-state index contributed by atoms with van der Waals surface area (Å²) in [5.74, 6) is 0.0410. The van der Waals surface area contributed by atoms with Gasteiger partial charge < -0.3 is 19.9 Å². The Labute approximate surface area is 96.2 Å². The van der Waals surface area contributed by atoms with Crippen molar-refractivity contribution >= 4 is 0 Å². The molecule has 0 atom stereocenters. The summed E-state index contributed by atoms with van der Waals surface area (Å²) in [6.45, 7) is 0. The number of rotatable bonds is 2. The summed E-state index contributed by atoms with van der Waals surface area (Å²) < 4.78 is 4.89. The summed E-state index contributed by atoms with van der Waals surface area (Å²) in [5.41, 5.74) is -0.000826. The normalized spacial score (nSPS) is 10.2. The number of hydrogen-bond donors (Lipinski definition) is 3. The maximum Gasteiger partial charge on any atom is 0.254 e. The van der Waals surface area contributed by atoms with Gasteiger partial charge in [-0.25, -0.2) is 0 Å². The van der Waals surface area contributed by atoms with E-state index in [1.165, 1.54) is 19.2 Å². The first-order valence-electron chi connectivity index (χ1n) is 4.78. The van der Waals surface area contributed by atoms with Gasteiger partial charge in [-0.2, -0.15) is 4.98 Å². The van der Waals surface area contributed by atoms with Crippen molar-refractivity contribution in [2.45, 2.75) is 0 Å². The average Bonchev–Trinajstić information content (AvgIpc) is 2.27. The van der Waals surface area contributed by atoms with E-state index in [0.717, 1.165) is 6.07 Å². The molecule has 0 spiro atoms. The van der Waals surface area contributed by atoms with Gasteiger partial charge in [0.25, 0.3) is 5.56 Å². The Balaban J connectivity index is 2.53. The van der Waals surface area contributed by atoms with Crippen LogP contribution in [-0.4, -0.2) is 27.3 Å². The summed E-state index contributed by atoms with van der Waals surface area (Å²) in [4.78, 5) is 17.3. The van der Waals surface area contributed by atoms with Gasteiger partial charge in [-0.05, 0) is 18.2 Å². The lowest BCUT2D eigenvalue weighted by molar-refractivity contribution is 0.373. The Bertz CT molecular complexity index is 607. The standard InChI is InChI=1S/C11H10N2O4/c1-17-8-3-2-6(4-7(8)14)11-12-9(15)5-10(16)13-11/h2-5,14H,1H3,(H2,12,13,15,16). The summed E-state index contributed by atoms with van der Waals surface area (Å²) in [5, 5.41) is 18.8. The maximum absolute atomic E-state index is 11.1. The Kier molecular flexibility index (Phi) is 2.70. The second kappa shape index (κ2) is 4.17. The number of nitrogens with zero attached hydrogens (tertiary/aromatic N) is 1. The maximum atomic E-state index is 11.1. The number of H-pyrrole nitrogens is 1. The van der Waals surface area contributed by atoms with Gasteiger partial charge in [0, 0.05) is 5.56 Å². The number of aromatic amines is 1. The minimum absolute atomic E-state index is 0.0732. The third-order valence-electron chi connectivity index (χ3n) is 2.18. The first kappa shape index (κ1) is 11.0. The first-order chi connectivity index (χ1) is 8.10. The predicted octanol–water partition coefficient (Wildman–Crippen LogP) is 0.857. The zero-order valence-corrected chi connectivity index (χ0v) is 8.97. The zero-order valence-electron chi connectivity index (χ0n) is 8.97. The molecule has 1 aromatic heterocycles. The van der Waals surface area contributed by atoms with Crippen molar-refractivity contribution in [1.29, 1.82) is 0 Å². The number of methoxy groups -OCH3 is 1. The van der Waals surface area contributed by atoms with E-state index in [2.05, 4.69) is 9.97 Å². The Morgan fingerprint density at radius 2 is 2.06 bits per heavy atom. The van der Waals surface area contributed by atoms with Crippen LogP contribution >= 0.6 is 0 Å². The van der Waals surface area contributed by atoms with Crippen molar-refractivity contribution in [3.05, 3.63) is 34.6 Å². The summed E-state index contributed by atoms with van der Waals surface area (Å²) >= 11 is 0. The first-order valence-corrected chi connectivity index (χ1v) is 4.78. The van der Waals surface area contributed by atoms with E-state index in [1.54, 1.807) is 6.07 Å². The molecule has 0 aliphatic rings. The van der Waals surface area contributed by atoms with Crippen molar-refractivity contribution < 1.29 is 14.9 Å². The minimum Gasteiger partial charge on any atom is -0.504 e. The highest BCUT2D eigenvalue weighted by atomic mass is 16.5. The number of aromatic nitrogens is 2. The molecule has 2 aromatic rings. The van der Waals surface area contributed by atoms with Crippen molar-refractivity contribution in [3.8, 4) is 28.8 Å². The van der Waals surface area contributed by atoms with Crippen LogP contribution in [0.3, 0.4) is 0 Å². The van der Waals surface area contributed by atoms with E-state index in [9.17, 15) is 15.0 Å². The highest BCUT2D eigenvalue weighted by Crippen LogP contribution is 2.29. The van der Waals surface area contributed by atoms with Crippen LogP contribution < -0.4 is 10.3 Å². The highest BCUT2D eigenvalue weighted by molar-refractivity contribution is 5.60. The van der Waals surface area contributed by atoms with E-state index >= 15 is 0 Å². The molecule has 6 nitrogen and oxygen atoms in total. The molecule has 0 saturated carbocycles. The molecule has 1 heterocycles. The molecule has 0 aliphatic heterocycles. The van der Waals surface area contributed by atoms with Gasteiger partial charge in [-0.3, -0.25) is 4.79 Å². The third kappa shape index (κ3) is 2.20. The lowest BCUT2D eigenvalue weighted by atomic mass is 10.2. The molecule has 6 heteroatoms. The molecule has 1 aromatic carbocycles. The number of phenolic OH excluding ortho intramolecular Hbond substituents is 1. The van der Waals surface area contributed by atoms with E-state index in [4.69, 9.17) is 4.74 Å². The largest absolute Gasteiger partial charge is 0.504 e.